The Bertz CT molecular complexity index is 318. The van der Waals surface area contributed by atoms with E-state index in [1.54, 1.807) is 0 Å². The Morgan fingerprint density at radius 3 is 2.17 bits per heavy atom. The molecule has 0 aromatic rings. The van der Waals surface area contributed by atoms with Crippen molar-refractivity contribution in [3.63, 3.8) is 0 Å². The molecule has 0 unspecified atom stereocenters. The molecule has 2 N–H and O–H groups in total. The minimum absolute atomic E-state index is 0.0831. The van der Waals surface area contributed by atoms with Crippen molar-refractivity contribution in [3.8, 4) is 0 Å². The van der Waals surface area contributed by atoms with Crippen LogP contribution in [-0.4, -0.2) is 33.1 Å². The molecular weight excluding hydrogens is 228 g/mol. The fourth-order valence-electron chi connectivity index (χ4n) is 3.82. The number of ether oxygens (including phenoxy) is 1. The summed E-state index contributed by atoms with van der Waals surface area (Å²) in [5.74, 6) is 0.642. The van der Waals surface area contributed by atoms with Crippen molar-refractivity contribution in [2.45, 2.75) is 83.2 Å². The van der Waals surface area contributed by atoms with Crippen LogP contribution in [0.2, 0.25) is 0 Å². The molecule has 5 atom stereocenters. The Balaban J connectivity index is 2.11. The summed E-state index contributed by atoms with van der Waals surface area (Å²) in [6, 6.07) is 0. The van der Waals surface area contributed by atoms with Crippen LogP contribution >= 0.6 is 0 Å². The second-order valence-electron chi connectivity index (χ2n) is 7.40. The van der Waals surface area contributed by atoms with Crippen molar-refractivity contribution in [2.75, 3.05) is 0 Å². The SMILES string of the molecule is C[C@H]1[C@H]([C@@]2(C)CC[C@H](C(C)(C)O)O2)CC[C@]1(C)O. The molecule has 3 heteroatoms. The first kappa shape index (κ1) is 14.3. The summed E-state index contributed by atoms with van der Waals surface area (Å²) in [4.78, 5) is 0. The molecule has 0 aromatic heterocycles. The molecule has 1 heterocycles. The van der Waals surface area contributed by atoms with Gasteiger partial charge >= 0.3 is 0 Å². The molecule has 106 valence electrons. The average Bonchev–Trinajstić information content (AvgIpc) is 2.71. The van der Waals surface area contributed by atoms with Gasteiger partial charge in [0.2, 0.25) is 0 Å². The van der Waals surface area contributed by atoms with E-state index in [2.05, 4.69) is 13.8 Å². The largest absolute Gasteiger partial charge is 0.390 e. The molecule has 0 spiro atoms. The van der Waals surface area contributed by atoms with E-state index in [0.29, 0.717) is 5.92 Å². The molecule has 18 heavy (non-hydrogen) atoms. The second kappa shape index (κ2) is 4.19. The minimum atomic E-state index is -0.776. The molecule has 3 nitrogen and oxygen atoms in total. The Hall–Kier alpha value is -0.120. The van der Waals surface area contributed by atoms with Crippen molar-refractivity contribution >= 4 is 0 Å². The summed E-state index contributed by atoms with van der Waals surface area (Å²) in [7, 11) is 0. The Morgan fingerprint density at radius 1 is 1.17 bits per heavy atom. The molecule has 1 aliphatic carbocycles. The van der Waals surface area contributed by atoms with Crippen LogP contribution in [0.15, 0.2) is 0 Å². The Labute approximate surface area is 111 Å². The third-order valence-corrected chi connectivity index (χ3v) is 5.43. The van der Waals surface area contributed by atoms with Gasteiger partial charge in [-0.05, 0) is 65.2 Å². The van der Waals surface area contributed by atoms with E-state index in [0.717, 1.165) is 25.7 Å². The first-order valence-corrected chi connectivity index (χ1v) is 7.19. The fraction of sp³-hybridized carbons (Fsp3) is 1.00. The van der Waals surface area contributed by atoms with E-state index in [4.69, 9.17) is 4.74 Å². The quantitative estimate of drug-likeness (QED) is 0.798. The lowest BCUT2D eigenvalue weighted by molar-refractivity contribution is -0.144. The monoisotopic (exact) mass is 256 g/mol. The van der Waals surface area contributed by atoms with Crippen molar-refractivity contribution in [1.82, 2.24) is 0 Å². The van der Waals surface area contributed by atoms with Gasteiger partial charge in [0.05, 0.1) is 22.9 Å². The summed E-state index contributed by atoms with van der Waals surface area (Å²) in [5.41, 5.74) is -1.53. The maximum absolute atomic E-state index is 10.3. The molecule has 2 aliphatic rings. The van der Waals surface area contributed by atoms with Crippen LogP contribution in [0, 0.1) is 11.8 Å². The maximum Gasteiger partial charge on any atom is 0.0865 e. The summed E-state index contributed by atoms with van der Waals surface area (Å²) < 4.78 is 6.20. The molecular formula is C15H28O3. The van der Waals surface area contributed by atoms with Gasteiger partial charge in [-0.3, -0.25) is 0 Å². The highest BCUT2D eigenvalue weighted by Crippen LogP contribution is 2.51. The van der Waals surface area contributed by atoms with Crippen LogP contribution in [0.5, 0.6) is 0 Å². The summed E-state index contributed by atoms with van der Waals surface area (Å²) in [6.45, 7) is 9.85. The summed E-state index contributed by atoms with van der Waals surface area (Å²) in [5, 5.41) is 20.4. The zero-order valence-electron chi connectivity index (χ0n) is 12.4. The smallest absolute Gasteiger partial charge is 0.0865 e. The van der Waals surface area contributed by atoms with Crippen molar-refractivity contribution in [2.24, 2.45) is 11.8 Å². The molecule has 0 bridgehead atoms. The third kappa shape index (κ3) is 2.33. The highest BCUT2D eigenvalue weighted by Gasteiger charge is 2.53. The molecule has 2 fully saturated rings. The Kier molecular flexibility index (Phi) is 3.33. The zero-order chi connectivity index (χ0) is 13.8. The maximum atomic E-state index is 10.3. The fourth-order valence-corrected chi connectivity index (χ4v) is 3.82. The summed E-state index contributed by atoms with van der Waals surface area (Å²) >= 11 is 0. The summed E-state index contributed by atoms with van der Waals surface area (Å²) in [6.07, 6.45) is 3.67. The van der Waals surface area contributed by atoms with Gasteiger partial charge in [0.25, 0.3) is 0 Å². The van der Waals surface area contributed by atoms with Crippen molar-refractivity contribution in [3.05, 3.63) is 0 Å². The van der Waals surface area contributed by atoms with Crippen molar-refractivity contribution in [1.29, 1.82) is 0 Å². The van der Waals surface area contributed by atoms with E-state index in [1.165, 1.54) is 0 Å². The second-order valence-corrected chi connectivity index (χ2v) is 7.40. The van der Waals surface area contributed by atoms with Crippen LogP contribution < -0.4 is 0 Å². The lowest BCUT2D eigenvalue weighted by atomic mass is 9.77. The number of rotatable bonds is 2. The van der Waals surface area contributed by atoms with Gasteiger partial charge in [-0.25, -0.2) is 0 Å². The van der Waals surface area contributed by atoms with Crippen LogP contribution in [0.4, 0.5) is 0 Å². The van der Waals surface area contributed by atoms with E-state index < -0.39 is 11.2 Å². The molecule has 2 rings (SSSR count). The highest BCUT2D eigenvalue weighted by molar-refractivity contribution is 5.03. The molecule has 1 saturated carbocycles. The minimum Gasteiger partial charge on any atom is -0.390 e. The van der Waals surface area contributed by atoms with E-state index in [1.807, 2.05) is 20.8 Å². The lowest BCUT2D eigenvalue weighted by Gasteiger charge is -2.38. The number of hydrogen-bond acceptors (Lipinski definition) is 3. The van der Waals surface area contributed by atoms with Gasteiger partial charge in [-0.1, -0.05) is 6.92 Å². The van der Waals surface area contributed by atoms with Crippen molar-refractivity contribution < 1.29 is 14.9 Å². The number of hydrogen-bond donors (Lipinski definition) is 2. The standard InChI is InChI=1S/C15H28O3/c1-10-11(6-8-14(10,4)17)15(5)9-7-12(18-15)13(2,3)16/h10-12,16-17H,6-9H2,1-5H3/t10-,11+,12+,14-,15+/m0/s1. The lowest BCUT2D eigenvalue weighted by Crippen LogP contribution is -2.43. The van der Waals surface area contributed by atoms with Gasteiger partial charge in [0, 0.05) is 0 Å². The predicted octanol–water partition coefficient (Wildman–Crippen LogP) is 2.49. The average molecular weight is 256 g/mol. The first-order valence-electron chi connectivity index (χ1n) is 7.19. The topological polar surface area (TPSA) is 49.7 Å². The molecule has 1 aliphatic heterocycles. The highest BCUT2D eigenvalue weighted by atomic mass is 16.5. The van der Waals surface area contributed by atoms with Gasteiger partial charge in [0.15, 0.2) is 0 Å². The normalized spacial score (nSPS) is 49.8. The van der Waals surface area contributed by atoms with Gasteiger partial charge in [-0.15, -0.1) is 0 Å². The molecule has 0 amide bonds. The predicted molar refractivity (Wildman–Crippen MR) is 71.3 cm³/mol. The third-order valence-electron chi connectivity index (χ3n) is 5.43. The van der Waals surface area contributed by atoms with Gasteiger partial charge < -0.3 is 14.9 Å². The molecule has 0 radical (unpaired) electrons. The molecule has 0 aromatic carbocycles. The van der Waals surface area contributed by atoms with Crippen LogP contribution in [0.3, 0.4) is 0 Å². The molecule has 1 saturated heterocycles. The van der Waals surface area contributed by atoms with Gasteiger partial charge in [-0.2, -0.15) is 0 Å². The van der Waals surface area contributed by atoms with Gasteiger partial charge in [0.1, 0.15) is 0 Å². The van der Waals surface area contributed by atoms with E-state index in [9.17, 15) is 10.2 Å². The Morgan fingerprint density at radius 2 is 1.78 bits per heavy atom. The van der Waals surface area contributed by atoms with Crippen LogP contribution in [-0.2, 0) is 4.74 Å². The van der Waals surface area contributed by atoms with E-state index in [-0.39, 0.29) is 17.6 Å². The van der Waals surface area contributed by atoms with Crippen LogP contribution in [0.25, 0.3) is 0 Å². The van der Waals surface area contributed by atoms with E-state index >= 15 is 0 Å². The zero-order valence-corrected chi connectivity index (χ0v) is 12.4. The first-order chi connectivity index (χ1) is 8.06. The number of aliphatic hydroxyl groups is 2. The van der Waals surface area contributed by atoms with Crippen LogP contribution in [0.1, 0.15) is 60.3 Å².